The molecule has 3 heterocycles. The van der Waals surface area contributed by atoms with Crippen LogP contribution in [0.1, 0.15) is 29.7 Å². The molecule has 6 heteroatoms. The summed E-state index contributed by atoms with van der Waals surface area (Å²) in [5, 5.41) is 0.858. The maximum absolute atomic E-state index is 13.0. The van der Waals surface area contributed by atoms with E-state index < -0.39 is 0 Å². The molecule has 0 bridgehead atoms. The van der Waals surface area contributed by atoms with Crippen molar-refractivity contribution >= 4 is 29.3 Å². The standard InChI is InChI=1S/C23H27N3O2S/c1-16-12-17(2)24-23-22(16)26(21(28)15-29-23)14-20(27)25-10-8-19(9-11-25)13-18-6-4-3-5-7-18/h3-7,12,19H,8-11,13-15H2,1-2H3. The molecule has 152 valence electrons. The molecule has 2 amide bonds. The lowest BCUT2D eigenvalue weighted by Gasteiger charge is -2.35. The number of rotatable bonds is 4. The monoisotopic (exact) mass is 409 g/mol. The lowest BCUT2D eigenvalue weighted by atomic mass is 9.90. The van der Waals surface area contributed by atoms with E-state index in [1.54, 1.807) is 4.90 Å². The minimum absolute atomic E-state index is 0.0106. The summed E-state index contributed by atoms with van der Waals surface area (Å²) in [7, 11) is 0. The normalized spacial score (nSPS) is 17.4. The molecule has 0 aliphatic carbocycles. The molecule has 29 heavy (non-hydrogen) atoms. The Balaban J connectivity index is 1.39. The fourth-order valence-corrected chi connectivity index (χ4v) is 5.33. The predicted octanol–water partition coefficient (Wildman–Crippen LogP) is 3.62. The third-order valence-electron chi connectivity index (χ3n) is 5.81. The molecule has 0 atom stereocenters. The van der Waals surface area contributed by atoms with E-state index in [1.807, 2.05) is 30.9 Å². The number of nitrogens with zero attached hydrogens (tertiary/aromatic N) is 3. The summed E-state index contributed by atoms with van der Waals surface area (Å²) >= 11 is 1.47. The lowest BCUT2D eigenvalue weighted by molar-refractivity contribution is -0.132. The zero-order valence-corrected chi connectivity index (χ0v) is 17.9. The molecule has 1 aromatic heterocycles. The molecule has 5 nitrogen and oxygen atoms in total. The van der Waals surface area contributed by atoms with Gasteiger partial charge in [-0.15, -0.1) is 0 Å². The SMILES string of the molecule is Cc1cc(C)c2c(n1)SCC(=O)N2CC(=O)N1CCC(Cc2ccccc2)CC1. The van der Waals surface area contributed by atoms with Crippen LogP contribution in [0.2, 0.25) is 0 Å². The number of carbonyl (C=O) groups excluding carboxylic acids is 2. The van der Waals surface area contributed by atoms with Crippen molar-refractivity contribution in [3.8, 4) is 0 Å². The summed E-state index contributed by atoms with van der Waals surface area (Å²) in [4.78, 5) is 33.7. The van der Waals surface area contributed by atoms with Gasteiger partial charge in [-0.25, -0.2) is 4.98 Å². The average Bonchev–Trinajstić information content (AvgIpc) is 2.71. The van der Waals surface area contributed by atoms with Gasteiger partial charge in [0.05, 0.1) is 11.4 Å². The molecular weight excluding hydrogens is 382 g/mol. The van der Waals surface area contributed by atoms with Gasteiger partial charge in [-0.2, -0.15) is 0 Å². The highest BCUT2D eigenvalue weighted by Gasteiger charge is 2.31. The highest BCUT2D eigenvalue weighted by molar-refractivity contribution is 8.00. The molecule has 4 rings (SSSR count). The van der Waals surface area contributed by atoms with Crippen molar-refractivity contribution in [3.63, 3.8) is 0 Å². The second-order valence-corrected chi connectivity index (χ2v) is 8.98. The smallest absolute Gasteiger partial charge is 0.242 e. The number of piperidine rings is 1. The Labute approximate surface area is 176 Å². The van der Waals surface area contributed by atoms with Gasteiger partial charge in [0, 0.05) is 18.8 Å². The minimum atomic E-state index is -0.0106. The summed E-state index contributed by atoms with van der Waals surface area (Å²) in [6, 6.07) is 12.5. The predicted molar refractivity (Wildman–Crippen MR) is 116 cm³/mol. The number of benzene rings is 1. The molecule has 0 unspecified atom stereocenters. The number of fused-ring (bicyclic) bond motifs is 1. The Morgan fingerprint density at radius 1 is 1.17 bits per heavy atom. The molecule has 0 N–H and O–H groups in total. The van der Waals surface area contributed by atoms with Crippen LogP contribution in [0.25, 0.3) is 0 Å². The van der Waals surface area contributed by atoms with Crippen LogP contribution in [-0.2, 0) is 16.0 Å². The summed E-state index contributed by atoms with van der Waals surface area (Å²) in [5.41, 5.74) is 4.12. The van der Waals surface area contributed by atoms with Gasteiger partial charge >= 0.3 is 0 Å². The molecule has 1 fully saturated rings. The van der Waals surface area contributed by atoms with Crippen LogP contribution in [0.3, 0.4) is 0 Å². The van der Waals surface area contributed by atoms with Gasteiger partial charge in [-0.05, 0) is 56.2 Å². The van der Waals surface area contributed by atoms with Gasteiger partial charge in [0.2, 0.25) is 11.8 Å². The summed E-state index contributed by atoms with van der Waals surface area (Å²) in [6.45, 7) is 5.59. The quantitative estimate of drug-likeness (QED) is 0.774. The lowest BCUT2D eigenvalue weighted by Crippen LogP contribution is -2.47. The molecule has 0 saturated carbocycles. The van der Waals surface area contributed by atoms with Gasteiger partial charge in [0.25, 0.3) is 0 Å². The molecule has 2 aliphatic heterocycles. The van der Waals surface area contributed by atoms with Crippen LogP contribution < -0.4 is 4.90 Å². The number of aromatic nitrogens is 1. The first kappa shape index (κ1) is 20.0. The van der Waals surface area contributed by atoms with Crippen molar-refractivity contribution < 1.29 is 9.59 Å². The van der Waals surface area contributed by atoms with Crippen molar-refractivity contribution in [2.75, 3.05) is 30.3 Å². The molecule has 0 spiro atoms. The summed E-state index contributed by atoms with van der Waals surface area (Å²) in [6.07, 6.45) is 3.10. The molecule has 2 aromatic rings. The van der Waals surface area contributed by atoms with Gasteiger partial charge in [0.1, 0.15) is 11.6 Å². The van der Waals surface area contributed by atoms with E-state index in [0.717, 1.165) is 54.3 Å². The van der Waals surface area contributed by atoms with Crippen molar-refractivity contribution in [2.24, 2.45) is 5.92 Å². The van der Waals surface area contributed by atoms with E-state index in [-0.39, 0.29) is 18.4 Å². The number of likely N-dealkylation sites (tertiary alicyclic amines) is 1. The van der Waals surface area contributed by atoms with Crippen LogP contribution >= 0.6 is 11.8 Å². The topological polar surface area (TPSA) is 53.5 Å². The zero-order chi connectivity index (χ0) is 20.4. The first-order valence-corrected chi connectivity index (χ1v) is 11.2. The summed E-state index contributed by atoms with van der Waals surface area (Å²) in [5.74, 6) is 0.984. The van der Waals surface area contributed by atoms with Crippen molar-refractivity contribution in [1.82, 2.24) is 9.88 Å². The minimum Gasteiger partial charge on any atom is -0.341 e. The third kappa shape index (κ3) is 4.47. The Bertz CT molecular complexity index is 908. The maximum atomic E-state index is 13.0. The molecular formula is C23H27N3O2S. The Kier molecular flexibility index (Phi) is 5.90. The Morgan fingerprint density at radius 2 is 1.90 bits per heavy atom. The molecule has 0 radical (unpaired) electrons. The van der Waals surface area contributed by atoms with Crippen LogP contribution in [0.4, 0.5) is 5.69 Å². The van der Waals surface area contributed by atoms with Crippen LogP contribution in [0.5, 0.6) is 0 Å². The van der Waals surface area contributed by atoms with Gasteiger partial charge in [-0.3, -0.25) is 14.5 Å². The second-order valence-electron chi connectivity index (χ2n) is 8.02. The van der Waals surface area contributed by atoms with Crippen LogP contribution in [-0.4, -0.2) is 47.1 Å². The van der Waals surface area contributed by atoms with E-state index >= 15 is 0 Å². The number of hydrogen-bond donors (Lipinski definition) is 0. The largest absolute Gasteiger partial charge is 0.341 e. The zero-order valence-electron chi connectivity index (χ0n) is 17.1. The molecule has 1 saturated heterocycles. The highest BCUT2D eigenvalue weighted by atomic mass is 32.2. The van der Waals surface area contributed by atoms with E-state index in [4.69, 9.17) is 0 Å². The third-order valence-corrected chi connectivity index (χ3v) is 6.76. The van der Waals surface area contributed by atoms with Crippen molar-refractivity contribution in [1.29, 1.82) is 0 Å². The van der Waals surface area contributed by atoms with E-state index in [1.165, 1.54) is 17.3 Å². The first-order chi connectivity index (χ1) is 14.0. The summed E-state index contributed by atoms with van der Waals surface area (Å²) < 4.78 is 0. The fourth-order valence-electron chi connectivity index (χ4n) is 4.29. The highest BCUT2D eigenvalue weighted by Crippen LogP contribution is 2.36. The number of anilines is 1. The number of aryl methyl sites for hydroxylation is 2. The van der Waals surface area contributed by atoms with Gasteiger partial charge in [-0.1, -0.05) is 42.1 Å². The molecule has 1 aromatic carbocycles. The van der Waals surface area contributed by atoms with Gasteiger partial charge < -0.3 is 4.90 Å². The Hall–Kier alpha value is -2.34. The maximum Gasteiger partial charge on any atom is 0.242 e. The van der Waals surface area contributed by atoms with Crippen LogP contribution in [0.15, 0.2) is 41.4 Å². The van der Waals surface area contributed by atoms with Crippen molar-refractivity contribution in [3.05, 3.63) is 53.2 Å². The Morgan fingerprint density at radius 3 is 2.62 bits per heavy atom. The van der Waals surface area contributed by atoms with Crippen molar-refractivity contribution in [2.45, 2.75) is 38.1 Å². The van der Waals surface area contributed by atoms with E-state index in [2.05, 4.69) is 29.2 Å². The van der Waals surface area contributed by atoms with Crippen LogP contribution in [0, 0.1) is 19.8 Å². The number of amides is 2. The fraction of sp³-hybridized carbons (Fsp3) is 0.435. The number of thioether (sulfide) groups is 1. The van der Waals surface area contributed by atoms with Gasteiger partial charge in [0.15, 0.2) is 0 Å². The number of pyridine rings is 1. The number of carbonyl (C=O) groups is 2. The van der Waals surface area contributed by atoms with E-state index in [0.29, 0.717) is 11.7 Å². The number of hydrogen-bond acceptors (Lipinski definition) is 4. The second kappa shape index (κ2) is 8.57. The first-order valence-electron chi connectivity index (χ1n) is 10.2. The molecule has 2 aliphatic rings. The van der Waals surface area contributed by atoms with E-state index in [9.17, 15) is 9.59 Å². The average molecular weight is 410 g/mol.